The standard InChI is InChI=1S/C16H17N3OS/c1-3-9-21-11-6-7-12(14(10-11)20-2)15-18-13-5-4-8-17-16(13)19-15/h4-8,10H,3,9H2,1-2H3,(H,17,18,19). The summed E-state index contributed by atoms with van der Waals surface area (Å²) in [6.45, 7) is 2.18. The number of ether oxygens (including phenoxy) is 1. The minimum absolute atomic E-state index is 0.721. The summed E-state index contributed by atoms with van der Waals surface area (Å²) in [5, 5.41) is 0. The van der Waals surface area contributed by atoms with Gasteiger partial charge in [-0.1, -0.05) is 6.92 Å². The molecule has 0 amide bonds. The van der Waals surface area contributed by atoms with E-state index in [0.29, 0.717) is 0 Å². The number of nitrogens with zero attached hydrogens (tertiary/aromatic N) is 2. The van der Waals surface area contributed by atoms with Gasteiger partial charge in [0.05, 0.1) is 18.2 Å². The zero-order valence-electron chi connectivity index (χ0n) is 12.1. The summed E-state index contributed by atoms with van der Waals surface area (Å²) in [6, 6.07) is 10.1. The highest BCUT2D eigenvalue weighted by atomic mass is 32.2. The minimum atomic E-state index is 0.721. The summed E-state index contributed by atoms with van der Waals surface area (Å²) in [5.74, 6) is 2.72. The molecular formula is C16H17N3OS. The molecular weight excluding hydrogens is 282 g/mol. The normalized spacial score (nSPS) is 11.0. The molecule has 5 heteroatoms. The molecule has 2 heterocycles. The lowest BCUT2D eigenvalue weighted by atomic mass is 10.2. The van der Waals surface area contributed by atoms with Crippen LogP contribution in [0, 0.1) is 0 Å². The molecule has 4 nitrogen and oxygen atoms in total. The fourth-order valence-electron chi connectivity index (χ4n) is 2.15. The monoisotopic (exact) mass is 299 g/mol. The van der Waals surface area contributed by atoms with Gasteiger partial charge in [-0.25, -0.2) is 9.97 Å². The Balaban J connectivity index is 2.00. The van der Waals surface area contributed by atoms with Crippen LogP contribution in [0.15, 0.2) is 41.4 Å². The number of thioether (sulfide) groups is 1. The van der Waals surface area contributed by atoms with Gasteiger partial charge in [0.25, 0.3) is 0 Å². The van der Waals surface area contributed by atoms with Crippen LogP contribution >= 0.6 is 11.8 Å². The van der Waals surface area contributed by atoms with Crippen LogP contribution in [0.2, 0.25) is 0 Å². The Bertz CT molecular complexity index is 721. The maximum atomic E-state index is 5.52. The highest BCUT2D eigenvalue weighted by Gasteiger charge is 2.12. The van der Waals surface area contributed by atoms with E-state index >= 15 is 0 Å². The van der Waals surface area contributed by atoms with Crippen LogP contribution in [0.3, 0.4) is 0 Å². The van der Waals surface area contributed by atoms with E-state index in [9.17, 15) is 0 Å². The van der Waals surface area contributed by atoms with Crippen LogP contribution in [0.1, 0.15) is 13.3 Å². The number of rotatable bonds is 5. The van der Waals surface area contributed by atoms with E-state index in [0.717, 1.165) is 40.5 Å². The first-order chi connectivity index (χ1) is 10.3. The molecule has 0 aliphatic carbocycles. The average Bonchev–Trinajstić information content (AvgIpc) is 2.96. The number of hydrogen-bond donors (Lipinski definition) is 1. The molecule has 1 aromatic carbocycles. The molecule has 0 saturated carbocycles. The van der Waals surface area contributed by atoms with Crippen LogP contribution in [0.4, 0.5) is 0 Å². The van der Waals surface area contributed by atoms with E-state index in [2.05, 4.69) is 40.1 Å². The molecule has 0 aliphatic heterocycles. The number of aromatic amines is 1. The average molecular weight is 299 g/mol. The van der Waals surface area contributed by atoms with Crippen molar-refractivity contribution >= 4 is 22.9 Å². The molecule has 0 atom stereocenters. The maximum absolute atomic E-state index is 5.52. The third kappa shape index (κ3) is 2.88. The van der Waals surface area contributed by atoms with Crippen LogP contribution in [0.5, 0.6) is 5.75 Å². The molecule has 3 rings (SSSR count). The largest absolute Gasteiger partial charge is 0.496 e. The van der Waals surface area contributed by atoms with Crippen molar-refractivity contribution in [1.82, 2.24) is 15.0 Å². The summed E-state index contributed by atoms with van der Waals surface area (Å²) in [4.78, 5) is 13.3. The van der Waals surface area contributed by atoms with Gasteiger partial charge in [-0.2, -0.15) is 0 Å². The highest BCUT2D eigenvalue weighted by Crippen LogP contribution is 2.33. The van der Waals surface area contributed by atoms with E-state index in [-0.39, 0.29) is 0 Å². The van der Waals surface area contributed by atoms with Crippen LogP contribution in [0.25, 0.3) is 22.6 Å². The zero-order valence-corrected chi connectivity index (χ0v) is 12.9. The van der Waals surface area contributed by atoms with E-state index in [1.807, 2.05) is 23.9 Å². The molecule has 0 fully saturated rings. The molecule has 0 aliphatic rings. The van der Waals surface area contributed by atoms with Gasteiger partial charge >= 0.3 is 0 Å². The lowest BCUT2D eigenvalue weighted by Crippen LogP contribution is -1.90. The number of aromatic nitrogens is 3. The Morgan fingerprint density at radius 3 is 2.95 bits per heavy atom. The first-order valence-electron chi connectivity index (χ1n) is 6.93. The second-order valence-electron chi connectivity index (χ2n) is 4.67. The molecule has 1 N–H and O–H groups in total. The van der Waals surface area contributed by atoms with Gasteiger partial charge in [0.2, 0.25) is 0 Å². The fourth-order valence-corrected chi connectivity index (χ4v) is 2.94. The quantitative estimate of drug-likeness (QED) is 0.719. The van der Waals surface area contributed by atoms with Crippen LogP contribution < -0.4 is 4.74 Å². The van der Waals surface area contributed by atoms with Crippen LogP contribution in [-0.2, 0) is 0 Å². The van der Waals surface area contributed by atoms with Crippen molar-refractivity contribution in [2.75, 3.05) is 12.9 Å². The Morgan fingerprint density at radius 2 is 2.19 bits per heavy atom. The van der Waals surface area contributed by atoms with Crippen molar-refractivity contribution in [2.24, 2.45) is 0 Å². The van der Waals surface area contributed by atoms with Crippen molar-refractivity contribution in [1.29, 1.82) is 0 Å². The van der Waals surface area contributed by atoms with E-state index in [4.69, 9.17) is 4.74 Å². The van der Waals surface area contributed by atoms with Crippen molar-refractivity contribution in [2.45, 2.75) is 18.2 Å². The number of pyridine rings is 1. The van der Waals surface area contributed by atoms with Gasteiger partial charge in [-0.05, 0) is 42.5 Å². The van der Waals surface area contributed by atoms with Crippen molar-refractivity contribution in [3.05, 3.63) is 36.5 Å². The molecule has 0 unspecified atom stereocenters. The number of nitrogens with one attached hydrogen (secondary N) is 1. The van der Waals surface area contributed by atoms with E-state index < -0.39 is 0 Å². The molecule has 0 bridgehead atoms. The number of imidazole rings is 1. The van der Waals surface area contributed by atoms with Gasteiger partial charge in [-0.3, -0.25) is 0 Å². The maximum Gasteiger partial charge on any atom is 0.178 e. The molecule has 0 radical (unpaired) electrons. The Kier molecular flexibility index (Phi) is 4.10. The van der Waals surface area contributed by atoms with Crippen molar-refractivity contribution in [3.8, 4) is 17.1 Å². The van der Waals surface area contributed by atoms with Gasteiger partial charge in [0.1, 0.15) is 11.6 Å². The predicted molar refractivity (Wildman–Crippen MR) is 86.9 cm³/mol. The molecule has 108 valence electrons. The summed E-state index contributed by atoms with van der Waals surface area (Å²) >= 11 is 1.84. The number of hydrogen-bond acceptors (Lipinski definition) is 4. The summed E-state index contributed by atoms with van der Waals surface area (Å²) in [6.07, 6.45) is 2.90. The summed E-state index contributed by atoms with van der Waals surface area (Å²) in [5.41, 5.74) is 2.61. The van der Waals surface area contributed by atoms with Crippen molar-refractivity contribution in [3.63, 3.8) is 0 Å². The highest BCUT2D eigenvalue weighted by molar-refractivity contribution is 7.99. The fraction of sp³-hybridized carbons (Fsp3) is 0.250. The first kappa shape index (κ1) is 13.9. The Morgan fingerprint density at radius 1 is 1.29 bits per heavy atom. The number of methoxy groups -OCH3 is 1. The van der Waals surface area contributed by atoms with Crippen LogP contribution in [-0.4, -0.2) is 27.8 Å². The summed E-state index contributed by atoms with van der Waals surface area (Å²) < 4.78 is 5.52. The Labute approximate surface area is 128 Å². The zero-order chi connectivity index (χ0) is 14.7. The second-order valence-corrected chi connectivity index (χ2v) is 5.84. The van der Waals surface area contributed by atoms with Gasteiger partial charge in [-0.15, -0.1) is 11.8 Å². The third-order valence-corrected chi connectivity index (χ3v) is 4.36. The summed E-state index contributed by atoms with van der Waals surface area (Å²) in [7, 11) is 1.69. The first-order valence-corrected chi connectivity index (χ1v) is 7.92. The molecule has 0 saturated heterocycles. The lowest BCUT2D eigenvalue weighted by Gasteiger charge is -2.08. The minimum Gasteiger partial charge on any atom is -0.496 e. The molecule has 3 aromatic rings. The number of benzene rings is 1. The van der Waals surface area contributed by atoms with Gasteiger partial charge in [0, 0.05) is 11.1 Å². The molecule has 2 aromatic heterocycles. The van der Waals surface area contributed by atoms with E-state index in [1.165, 1.54) is 4.90 Å². The smallest absolute Gasteiger partial charge is 0.178 e. The second kappa shape index (κ2) is 6.18. The van der Waals surface area contributed by atoms with Gasteiger partial charge < -0.3 is 9.72 Å². The van der Waals surface area contributed by atoms with Gasteiger partial charge in [0.15, 0.2) is 5.65 Å². The topological polar surface area (TPSA) is 50.8 Å². The number of H-pyrrole nitrogens is 1. The van der Waals surface area contributed by atoms with Crippen molar-refractivity contribution < 1.29 is 4.74 Å². The Hall–Kier alpha value is -2.01. The van der Waals surface area contributed by atoms with E-state index in [1.54, 1.807) is 13.3 Å². The third-order valence-electron chi connectivity index (χ3n) is 3.16. The molecule has 0 spiro atoms. The lowest BCUT2D eigenvalue weighted by molar-refractivity contribution is 0.415. The number of fused-ring (bicyclic) bond motifs is 1. The predicted octanol–water partition coefficient (Wildman–Crippen LogP) is 4.14. The molecule has 21 heavy (non-hydrogen) atoms. The SMILES string of the molecule is CCCSc1ccc(-c2nc3ncccc3[nH]2)c(OC)c1.